The van der Waals surface area contributed by atoms with Crippen molar-refractivity contribution in [2.24, 2.45) is 0 Å². The average molecular weight is 282 g/mol. The van der Waals surface area contributed by atoms with Crippen LogP contribution in [0.25, 0.3) is 32.7 Å². The maximum Gasteiger partial charge on any atom is -0.00240 e. The Morgan fingerprint density at radius 3 is 2.23 bits per heavy atom. The van der Waals surface area contributed by atoms with Gasteiger partial charge in [0.1, 0.15) is 0 Å². The molecule has 0 N–H and O–H groups in total. The van der Waals surface area contributed by atoms with E-state index in [-0.39, 0.29) is 0 Å². The van der Waals surface area contributed by atoms with Gasteiger partial charge in [0.15, 0.2) is 0 Å². The minimum Gasteiger partial charge on any atom is -0.0622 e. The van der Waals surface area contributed by atoms with Crippen molar-refractivity contribution >= 4 is 21.5 Å². The highest BCUT2D eigenvalue weighted by Crippen LogP contribution is 2.38. The summed E-state index contributed by atoms with van der Waals surface area (Å²) in [7, 11) is 0. The third-order valence-corrected chi connectivity index (χ3v) is 4.42. The van der Waals surface area contributed by atoms with Crippen LogP contribution in [-0.2, 0) is 6.42 Å². The fraction of sp³-hybridized carbons (Fsp3) is 0.0909. The van der Waals surface area contributed by atoms with Gasteiger partial charge in [-0.15, -0.1) is 0 Å². The molecule has 0 heterocycles. The highest BCUT2D eigenvalue weighted by atomic mass is 14.1. The van der Waals surface area contributed by atoms with Gasteiger partial charge in [-0.3, -0.25) is 0 Å². The predicted octanol–water partition coefficient (Wildman–Crippen LogP) is 6.22. The highest BCUT2D eigenvalue weighted by molar-refractivity contribution is 6.13. The minimum absolute atomic E-state index is 1.05. The van der Waals surface area contributed by atoms with E-state index in [4.69, 9.17) is 0 Å². The zero-order valence-corrected chi connectivity index (χ0v) is 12.7. The minimum atomic E-state index is 1.05. The first-order chi connectivity index (χ1) is 10.9. The molecule has 0 aromatic heterocycles. The van der Waals surface area contributed by atoms with Crippen molar-refractivity contribution in [1.82, 2.24) is 0 Å². The van der Waals surface area contributed by atoms with Crippen molar-refractivity contribution in [2.45, 2.75) is 13.3 Å². The normalized spacial score (nSPS) is 11.1. The Balaban J connectivity index is 2.25. The van der Waals surface area contributed by atoms with Crippen molar-refractivity contribution in [3.63, 3.8) is 0 Å². The maximum absolute atomic E-state index is 2.32. The Morgan fingerprint density at radius 2 is 1.41 bits per heavy atom. The van der Waals surface area contributed by atoms with Gasteiger partial charge in [0, 0.05) is 0 Å². The van der Waals surface area contributed by atoms with Crippen LogP contribution in [-0.4, -0.2) is 0 Å². The van der Waals surface area contributed by atoms with E-state index in [9.17, 15) is 0 Å². The first-order valence-corrected chi connectivity index (χ1v) is 7.87. The first-order valence-electron chi connectivity index (χ1n) is 7.87. The summed E-state index contributed by atoms with van der Waals surface area (Å²) in [6.45, 7) is 2.23. The van der Waals surface area contributed by atoms with E-state index in [1.54, 1.807) is 0 Å². The van der Waals surface area contributed by atoms with Gasteiger partial charge in [-0.2, -0.15) is 0 Å². The molecule has 0 spiro atoms. The van der Waals surface area contributed by atoms with Crippen LogP contribution in [0.1, 0.15) is 12.5 Å². The number of rotatable bonds is 2. The Hall–Kier alpha value is -2.60. The Morgan fingerprint density at radius 1 is 0.682 bits per heavy atom. The molecule has 0 atom stereocenters. The number of hydrogen-bond donors (Lipinski definition) is 0. The molecule has 0 amide bonds. The van der Waals surface area contributed by atoms with Crippen molar-refractivity contribution < 1.29 is 0 Å². The molecule has 4 aromatic carbocycles. The molecular formula is C22H18. The molecule has 0 nitrogen and oxygen atoms in total. The number of benzene rings is 4. The molecule has 4 aromatic rings. The molecule has 4 rings (SSSR count). The molecule has 22 heavy (non-hydrogen) atoms. The smallest absolute Gasteiger partial charge is 0.00240 e. The summed E-state index contributed by atoms with van der Waals surface area (Å²) in [5.74, 6) is 0. The summed E-state index contributed by atoms with van der Waals surface area (Å²) >= 11 is 0. The van der Waals surface area contributed by atoms with E-state index < -0.39 is 0 Å². The van der Waals surface area contributed by atoms with Crippen LogP contribution in [0.4, 0.5) is 0 Å². The van der Waals surface area contributed by atoms with Crippen molar-refractivity contribution in [3.05, 3.63) is 84.4 Å². The second kappa shape index (κ2) is 5.31. The molecule has 0 heteroatoms. The highest BCUT2D eigenvalue weighted by Gasteiger charge is 2.11. The lowest BCUT2D eigenvalue weighted by Crippen LogP contribution is -1.90. The lowest BCUT2D eigenvalue weighted by Gasteiger charge is -2.15. The van der Waals surface area contributed by atoms with Crippen LogP contribution in [0.5, 0.6) is 0 Å². The van der Waals surface area contributed by atoms with Gasteiger partial charge >= 0.3 is 0 Å². The molecule has 0 aliphatic carbocycles. The van der Waals surface area contributed by atoms with Crippen molar-refractivity contribution in [2.75, 3.05) is 0 Å². The molecule has 0 saturated carbocycles. The van der Waals surface area contributed by atoms with Crippen LogP contribution in [0.15, 0.2) is 78.9 Å². The molecule has 0 aliphatic rings. The van der Waals surface area contributed by atoms with E-state index in [1.165, 1.54) is 38.2 Å². The summed E-state index contributed by atoms with van der Waals surface area (Å²) in [5, 5.41) is 5.37. The second-order valence-corrected chi connectivity index (χ2v) is 5.71. The van der Waals surface area contributed by atoms with Gasteiger partial charge in [-0.1, -0.05) is 79.7 Å². The fourth-order valence-corrected chi connectivity index (χ4v) is 3.40. The van der Waals surface area contributed by atoms with Gasteiger partial charge in [0.2, 0.25) is 0 Å². The number of hydrogen-bond acceptors (Lipinski definition) is 0. The predicted molar refractivity (Wildman–Crippen MR) is 96.3 cm³/mol. The molecule has 0 radical (unpaired) electrons. The molecule has 0 bridgehead atoms. The lowest BCUT2D eigenvalue weighted by atomic mass is 9.89. The van der Waals surface area contributed by atoms with Crippen LogP contribution < -0.4 is 0 Å². The first kappa shape index (κ1) is 13.1. The molecule has 0 unspecified atom stereocenters. The van der Waals surface area contributed by atoms with Gasteiger partial charge in [-0.25, -0.2) is 0 Å². The largest absolute Gasteiger partial charge is 0.0622 e. The van der Waals surface area contributed by atoms with E-state index in [0.717, 1.165) is 6.42 Å². The van der Waals surface area contributed by atoms with Crippen LogP contribution in [0.3, 0.4) is 0 Å². The topological polar surface area (TPSA) is 0 Å². The van der Waals surface area contributed by atoms with Gasteiger partial charge in [0.25, 0.3) is 0 Å². The monoisotopic (exact) mass is 282 g/mol. The molecule has 106 valence electrons. The summed E-state index contributed by atoms with van der Waals surface area (Å²) in [6, 6.07) is 28.4. The number of aryl methyl sites for hydroxylation is 1. The summed E-state index contributed by atoms with van der Waals surface area (Å²) < 4.78 is 0. The lowest BCUT2D eigenvalue weighted by molar-refractivity contribution is 1.16. The fourth-order valence-electron chi connectivity index (χ4n) is 3.40. The zero-order chi connectivity index (χ0) is 14.9. The number of fused-ring (bicyclic) bond motifs is 2. The van der Waals surface area contributed by atoms with E-state index in [2.05, 4.69) is 85.8 Å². The van der Waals surface area contributed by atoms with E-state index in [0.29, 0.717) is 0 Å². The quantitative estimate of drug-likeness (QED) is 0.383. The SMILES string of the molecule is CCc1cccc2cc3ccccc3c(-c3ccccc3)c12. The second-order valence-electron chi connectivity index (χ2n) is 5.71. The summed E-state index contributed by atoms with van der Waals surface area (Å²) in [4.78, 5) is 0. The summed E-state index contributed by atoms with van der Waals surface area (Å²) in [5.41, 5.74) is 4.08. The molecular weight excluding hydrogens is 264 g/mol. The summed E-state index contributed by atoms with van der Waals surface area (Å²) in [6.07, 6.45) is 1.05. The zero-order valence-electron chi connectivity index (χ0n) is 12.7. The van der Waals surface area contributed by atoms with Gasteiger partial charge in [0.05, 0.1) is 0 Å². The standard InChI is InChI=1S/C22H18/c1-2-16-12-8-13-19-15-18-11-6-7-14-20(18)22(21(16)19)17-9-4-3-5-10-17/h3-15H,2H2,1H3. The third kappa shape index (κ3) is 2.00. The van der Waals surface area contributed by atoms with E-state index >= 15 is 0 Å². The maximum atomic E-state index is 2.32. The Kier molecular flexibility index (Phi) is 3.16. The Labute approximate surface area is 131 Å². The van der Waals surface area contributed by atoms with Crippen LogP contribution in [0, 0.1) is 0 Å². The molecule has 0 fully saturated rings. The van der Waals surface area contributed by atoms with Crippen LogP contribution >= 0.6 is 0 Å². The molecule has 0 aliphatic heterocycles. The van der Waals surface area contributed by atoms with Crippen LogP contribution in [0.2, 0.25) is 0 Å². The average Bonchev–Trinajstić information content (AvgIpc) is 2.59. The van der Waals surface area contributed by atoms with E-state index in [1.807, 2.05) is 0 Å². The van der Waals surface area contributed by atoms with Gasteiger partial charge < -0.3 is 0 Å². The Bertz CT molecular complexity index is 949. The third-order valence-electron chi connectivity index (χ3n) is 4.42. The molecule has 0 saturated heterocycles. The van der Waals surface area contributed by atoms with Gasteiger partial charge in [-0.05, 0) is 50.7 Å². The van der Waals surface area contributed by atoms with Crippen molar-refractivity contribution in [3.8, 4) is 11.1 Å². The van der Waals surface area contributed by atoms with Crippen molar-refractivity contribution in [1.29, 1.82) is 0 Å².